The van der Waals surface area contributed by atoms with Gasteiger partial charge in [0.15, 0.2) is 11.6 Å². The summed E-state index contributed by atoms with van der Waals surface area (Å²) >= 11 is 0. The van der Waals surface area contributed by atoms with E-state index in [1.54, 1.807) is 20.8 Å². The zero-order chi connectivity index (χ0) is 26.3. The van der Waals surface area contributed by atoms with Gasteiger partial charge < -0.3 is 19.4 Å². The molecule has 198 valence electrons. The Kier molecular flexibility index (Phi) is 6.71. The van der Waals surface area contributed by atoms with Crippen LogP contribution in [-0.2, 0) is 29.1 Å². The van der Waals surface area contributed by atoms with Gasteiger partial charge in [0.05, 0.1) is 24.0 Å². The van der Waals surface area contributed by atoms with Crippen molar-refractivity contribution in [2.24, 2.45) is 0 Å². The number of hydrogen-bond donors (Lipinski definition) is 2. The van der Waals surface area contributed by atoms with Crippen molar-refractivity contribution >= 4 is 6.09 Å². The van der Waals surface area contributed by atoms with Crippen molar-refractivity contribution in [2.75, 3.05) is 6.61 Å². The fourth-order valence-corrected chi connectivity index (χ4v) is 5.08. The first kappa shape index (κ1) is 25.3. The molecule has 37 heavy (non-hydrogen) atoms. The smallest absolute Gasteiger partial charge is 0.407 e. The van der Waals surface area contributed by atoms with Gasteiger partial charge in [0.2, 0.25) is 0 Å². The fourth-order valence-electron chi connectivity index (χ4n) is 5.08. The van der Waals surface area contributed by atoms with Gasteiger partial charge in [0.25, 0.3) is 0 Å². The highest BCUT2D eigenvalue weighted by molar-refractivity contribution is 5.68. The lowest BCUT2D eigenvalue weighted by atomic mass is 9.92. The van der Waals surface area contributed by atoms with Crippen molar-refractivity contribution in [1.82, 2.24) is 34.9 Å². The highest BCUT2D eigenvalue weighted by Crippen LogP contribution is 2.36. The minimum Gasteiger partial charge on any atom is -0.444 e. The number of nitrogens with one attached hydrogen (secondary N) is 2. The molecular weight excluding hydrogens is 484 g/mol. The molecular formula is C25H31F2N7O3. The van der Waals surface area contributed by atoms with E-state index in [1.807, 2.05) is 6.92 Å². The number of carbonyl (C=O) groups is 1. The number of rotatable bonds is 5. The number of halogens is 2. The van der Waals surface area contributed by atoms with Crippen LogP contribution in [0.2, 0.25) is 0 Å². The monoisotopic (exact) mass is 515 g/mol. The number of ether oxygens (including phenoxy) is 2. The van der Waals surface area contributed by atoms with Gasteiger partial charge in [-0.15, -0.1) is 0 Å². The first-order valence-electron chi connectivity index (χ1n) is 12.4. The molecule has 10 nitrogen and oxygen atoms in total. The molecule has 0 spiro atoms. The number of fused-ring (bicyclic) bond motifs is 1. The van der Waals surface area contributed by atoms with Crippen molar-refractivity contribution in [2.45, 2.75) is 77.5 Å². The summed E-state index contributed by atoms with van der Waals surface area (Å²) in [5.74, 6) is 0.204. The van der Waals surface area contributed by atoms with Gasteiger partial charge in [0.1, 0.15) is 29.7 Å². The largest absolute Gasteiger partial charge is 0.444 e. The maximum absolute atomic E-state index is 14.7. The maximum Gasteiger partial charge on any atom is 0.407 e. The van der Waals surface area contributed by atoms with E-state index in [2.05, 4.69) is 30.0 Å². The Morgan fingerprint density at radius 1 is 1.30 bits per heavy atom. The molecule has 2 N–H and O–H groups in total. The van der Waals surface area contributed by atoms with Gasteiger partial charge in [-0.2, -0.15) is 5.10 Å². The van der Waals surface area contributed by atoms with Crippen LogP contribution in [0.4, 0.5) is 13.6 Å². The Morgan fingerprint density at radius 3 is 2.81 bits per heavy atom. The Hall–Kier alpha value is -3.38. The number of imidazole rings is 1. The van der Waals surface area contributed by atoms with E-state index in [4.69, 9.17) is 14.5 Å². The Bertz CT molecular complexity index is 1270. The van der Waals surface area contributed by atoms with Crippen molar-refractivity contribution in [3.63, 3.8) is 0 Å². The summed E-state index contributed by atoms with van der Waals surface area (Å²) in [4.78, 5) is 23.9. The van der Waals surface area contributed by atoms with Crippen LogP contribution >= 0.6 is 0 Å². The number of aromatic amines is 1. The molecule has 1 aromatic carbocycles. The van der Waals surface area contributed by atoms with Crippen LogP contribution in [-0.4, -0.2) is 60.0 Å². The molecule has 1 amide bonds. The molecule has 1 fully saturated rings. The van der Waals surface area contributed by atoms with Gasteiger partial charge in [-0.3, -0.25) is 10.00 Å². The minimum absolute atomic E-state index is 0.0695. The number of hydrogen-bond acceptors (Lipinski definition) is 7. The Morgan fingerprint density at radius 2 is 2.11 bits per heavy atom. The number of carbonyl (C=O) groups excluding carboxylic acids is 1. The van der Waals surface area contributed by atoms with Gasteiger partial charge in [-0.05, 0) is 52.3 Å². The molecule has 4 heterocycles. The predicted octanol–water partition coefficient (Wildman–Crippen LogP) is 3.71. The Labute approximate surface area is 213 Å². The lowest BCUT2D eigenvalue weighted by Crippen LogP contribution is -2.52. The van der Waals surface area contributed by atoms with E-state index in [9.17, 15) is 13.6 Å². The van der Waals surface area contributed by atoms with E-state index in [0.717, 1.165) is 42.0 Å². The molecule has 2 aliphatic rings. The molecule has 3 aromatic rings. The molecule has 0 saturated carbocycles. The standard InChI is InChI=1S/C25H31F2N7O3/c1-5-34-20-11-33(10-19(20)30-23(34)22-28-13-29-32-22)15-9-18(31-24(35)37-25(2,3)4)21(36-12-15)16-8-14(26)6-7-17(16)27/h6-8,13,15,18,21H,5,9-12H2,1-4H3,(H,31,35)(H,28,29,32)/t15-,18+,21-/m1/s1. The van der Waals surface area contributed by atoms with E-state index >= 15 is 0 Å². The van der Waals surface area contributed by atoms with Crippen LogP contribution in [0.1, 0.15) is 57.2 Å². The van der Waals surface area contributed by atoms with Crippen LogP contribution in [0.5, 0.6) is 0 Å². The van der Waals surface area contributed by atoms with Crippen LogP contribution in [0.3, 0.4) is 0 Å². The lowest BCUT2D eigenvalue weighted by Gasteiger charge is -2.40. The van der Waals surface area contributed by atoms with Crippen molar-refractivity contribution in [1.29, 1.82) is 0 Å². The van der Waals surface area contributed by atoms with Crippen molar-refractivity contribution in [3.05, 3.63) is 53.1 Å². The maximum atomic E-state index is 14.7. The molecule has 12 heteroatoms. The third-order valence-corrected chi connectivity index (χ3v) is 6.65. The molecule has 0 bridgehead atoms. The summed E-state index contributed by atoms with van der Waals surface area (Å²) in [5, 5.41) is 9.65. The SMILES string of the molecule is CCn1c(-c2ncn[nH]2)nc2c1CN([C@H]1CO[C@H](c3cc(F)ccc3F)[C@@H](NC(=O)OC(C)(C)C)C1)C2. The average molecular weight is 516 g/mol. The molecule has 0 aliphatic carbocycles. The third-order valence-electron chi connectivity index (χ3n) is 6.65. The van der Waals surface area contributed by atoms with Crippen LogP contribution in [0.15, 0.2) is 24.5 Å². The topological polar surface area (TPSA) is 110 Å². The Balaban J connectivity index is 1.36. The van der Waals surface area contributed by atoms with Crippen LogP contribution in [0, 0.1) is 11.6 Å². The number of amides is 1. The number of aromatic nitrogens is 5. The molecule has 5 rings (SSSR count). The van der Waals surface area contributed by atoms with Gasteiger partial charge >= 0.3 is 6.09 Å². The molecule has 0 unspecified atom stereocenters. The number of H-pyrrole nitrogens is 1. The molecule has 3 atom stereocenters. The van der Waals surface area contributed by atoms with Crippen molar-refractivity contribution in [3.8, 4) is 11.6 Å². The zero-order valence-electron chi connectivity index (χ0n) is 21.3. The normalized spacial score (nSPS) is 22.2. The van der Waals surface area contributed by atoms with Crippen LogP contribution in [0.25, 0.3) is 11.6 Å². The van der Waals surface area contributed by atoms with E-state index in [1.165, 1.54) is 6.33 Å². The lowest BCUT2D eigenvalue weighted by molar-refractivity contribution is -0.0630. The summed E-state index contributed by atoms with van der Waals surface area (Å²) in [6.45, 7) is 9.58. The molecule has 1 saturated heterocycles. The average Bonchev–Trinajstić information content (AvgIpc) is 3.55. The first-order chi connectivity index (χ1) is 17.6. The van der Waals surface area contributed by atoms with E-state index in [0.29, 0.717) is 31.9 Å². The fraction of sp³-hybridized carbons (Fsp3) is 0.520. The predicted molar refractivity (Wildman–Crippen MR) is 129 cm³/mol. The summed E-state index contributed by atoms with van der Waals surface area (Å²) in [5.41, 5.74) is 1.40. The zero-order valence-corrected chi connectivity index (χ0v) is 21.3. The minimum atomic E-state index is -0.856. The molecule has 0 radical (unpaired) electrons. The number of nitrogens with zero attached hydrogens (tertiary/aromatic N) is 5. The quantitative estimate of drug-likeness (QED) is 0.533. The first-order valence-corrected chi connectivity index (χ1v) is 12.4. The van der Waals surface area contributed by atoms with Crippen LogP contribution < -0.4 is 5.32 Å². The second-order valence-electron chi connectivity index (χ2n) is 10.4. The third kappa shape index (κ3) is 5.21. The summed E-state index contributed by atoms with van der Waals surface area (Å²) in [6.07, 6.45) is 0.427. The van der Waals surface area contributed by atoms with Gasteiger partial charge in [0, 0.05) is 31.2 Å². The molecule has 2 aromatic heterocycles. The van der Waals surface area contributed by atoms with Gasteiger partial charge in [-0.25, -0.2) is 23.5 Å². The number of alkyl carbamates (subject to hydrolysis) is 1. The van der Waals surface area contributed by atoms with E-state index in [-0.39, 0.29) is 11.6 Å². The second-order valence-corrected chi connectivity index (χ2v) is 10.4. The summed E-state index contributed by atoms with van der Waals surface area (Å²) in [7, 11) is 0. The number of benzene rings is 1. The van der Waals surface area contributed by atoms with Gasteiger partial charge in [-0.1, -0.05) is 0 Å². The summed E-state index contributed by atoms with van der Waals surface area (Å²) in [6, 6.07) is 2.54. The second kappa shape index (κ2) is 9.82. The van der Waals surface area contributed by atoms with Crippen molar-refractivity contribution < 1.29 is 23.0 Å². The highest BCUT2D eigenvalue weighted by atomic mass is 19.1. The summed E-state index contributed by atoms with van der Waals surface area (Å²) < 4.78 is 42.3. The highest BCUT2D eigenvalue weighted by Gasteiger charge is 2.40. The molecule has 2 aliphatic heterocycles. The van der Waals surface area contributed by atoms with E-state index < -0.39 is 35.5 Å².